The molecule has 0 atom stereocenters. The van der Waals surface area contributed by atoms with Gasteiger partial charge in [0, 0.05) is 0 Å². The summed E-state index contributed by atoms with van der Waals surface area (Å²) in [4.78, 5) is 1.65. The highest BCUT2D eigenvalue weighted by atomic mass is 19.2. The number of halogens is 28. The number of nitrogens with one attached hydrogen (secondary N) is 1. The smallest absolute Gasteiger partial charge is 0.198 e. The van der Waals surface area contributed by atoms with Gasteiger partial charge in [-0.1, -0.05) is 0 Å². The van der Waals surface area contributed by atoms with Crippen LogP contribution in [0.25, 0.3) is 43.1 Å². The Labute approximate surface area is 440 Å². The Balaban J connectivity index is 0.000000662. The molecule has 0 aliphatic carbocycles. The summed E-state index contributed by atoms with van der Waals surface area (Å²) in [5.74, 6) is -104. The minimum atomic E-state index is -8.05. The quantitative estimate of drug-likeness (QED) is 0.0775. The van der Waals surface area contributed by atoms with Crippen molar-refractivity contribution in [3.63, 3.8) is 0 Å². The third-order valence-corrected chi connectivity index (χ3v) is 13.5. The molecule has 8 aromatic rings. The Morgan fingerprint density at radius 2 is 0.280 bits per heavy atom. The molecule has 0 unspecified atom stereocenters. The first-order chi connectivity index (χ1) is 37.4. The Hall–Kier alpha value is -7.14. The number of hydrogen-bond acceptors (Lipinski definition) is 0. The normalized spacial score (nSPS) is 12.8. The maximum atomic E-state index is 17.3. The molecule has 0 saturated heterocycles. The molecular weight excluding hydrogens is 1180 g/mol. The van der Waals surface area contributed by atoms with Gasteiger partial charge in [0.1, 0.15) is 29.4 Å². The predicted octanol–water partition coefficient (Wildman–Crippen LogP) is 13.8. The predicted molar refractivity (Wildman–Crippen MR) is 239 cm³/mol. The van der Waals surface area contributed by atoms with Gasteiger partial charge < -0.3 is 4.90 Å². The molecule has 0 radical (unpaired) electrons. The highest BCUT2D eigenvalue weighted by molar-refractivity contribution is 7.23. The average molecular weight is 1210 g/mol. The molecule has 0 heterocycles. The van der Waals surface area contributed by atoms with Crippen LogP contribution in [0.3, 0.4) is 0 Å². The highest BCUT2D eigenvalue weighted by Gasteiger charge is 2.52. The number of rotatable bonds is 4. The number of quaternary nitrogens is 1. The molecule has 0 spiro atoms. The Kier molecular flexibility index (Phi) is 15.3. The molecule has 82 heavy (non-hydrogen) atoms. The Morgan fingerprint density at radius 1 is 0.171 bits per heavy atom. The van der Waals surface area contributed by atoms with Gasteiger partial charge >= 0.3 is 0 Å². The van der Waals surface area contributed by atoms with Crippen LogP contribution in [0.1, 0.15) is 62.3 Å². The van der Waals surface area contributed by atoms with Crippen LogP contribution in [-0.4, -0.2) is 22.8 Å². The lowest BCUT2D eigenvalue weighted by molar-refractivity contribution is -1.03. The molecular formula is C52H28BF28N. The third kappa shape index (κ3) is 8.46. The summed E-state index contributed by atoms with van der Waals surface area (Å²) in [7, 11) is 0. The van der Waals surface area contributed by atoms with Crippen molar-refractivity contribution in [3.05, 3.63) is 163 Å². The number of fused-ring (bicyclic) bond motifs is 4. The van der Waals surface area contributed by atoms with Crippen molar-refractivity contribution in [1.29, 1.82) is 0 Å². The summed E-state index contributed by atoms with van der Waals surface area (Å²) in [5.41, 5.74) is -14.6. The lowest BCUT2D eigenvalue weighted by Gasteiger charge is -2.49. The Bertz CT molecular complexity index is 3600. The molecule has 0 aromatic heterocycles. The van der Waals surface area contributed by atoms with E-state index in [9.17, 15) is 17.6 Å². The molecule has 1 nitrogen and oxygen atoms in total. The first-order valence-corrected chi connectivity index (χ1v) is 22.7. The fourth-order valence-corrected chi connectivity index (χ4v) is 12.0. The molecule has 0 fully saturated rings. The van der Waals surface area contributed by atoms with Crippen LogP contribution in [0.2, 0.25) is 0 Å². The molecule has 0 aliphatic heterocycles. The summed E-state index contributed by atoms with van der Waals surface area (Å²) in [6, 6.07) is 0. The van der Waals surface area contributed by atoms with Gasteiger partial charge in [0.25, 0.3) is 0 Å². The summed E-state index contributed by atoms with van der Waals surface area (Å²) in [6.45, 7) is 20.9. The van der Waals surface area contributed by atoms with E-state index in [1.165, 1.54) is 0 Å². The van der Waals surface area contributed by atoms with Gasteiger partial charge in [-0.2, -0.15) is 0 Å². The van der Waals surface area contributed by atoms with E-state index in [-0.39, 0.29) is 0 Å². The average Bonchev–Trinajstić information content (AvgIpc) is 1.35. The molecule has 0 aliphatic rings. The standard InChI is InChI=1S/C40BF28.C12H27N/c42-13-1-5(21(50)37(66)33(13)62)17(46)29(58)25(54)9(1)41(10-2-6(18(47)30(59)26(10)55)22(51)38(67)34(63)14(2)43,11-3-7(19(48)31(60)27(11)56)23(52)39(68)35(64)15(3)44)12-4-8(20(49)32(61)28(12)57)24(53)40(69)36(65)16(4)45;1-10(2,3)13(11(4,5)6)12(7,8)9/h;1-9H3/q-1;/p+1. The van der Waals surface area contributed by atoms with Crippen molar-refractivity contribution >= 4 is 71.1 Å². The van der Waals surface area contributed by atoms with E-state index in [1.807, 2.05) is 0 Å². The zero-order valence-corrected chi connectivity index (χ0v) is 42.2. The largest absolute Gasteiger partial charge is 0.322 e. The fraction of sp³-hybridized carbons (Fsp3) is 0.231. The SMILES string of the molecule is CC(C)(C)[NH+](C(C)(C)C)C(C)(C)C.Fc1c(F)c(F)c2c([B-](c3c(F)c(F)c(F)c4c(F)c(F)c(F)c(F)c34)(c3c(F)c(F)c(F)c4c(F)c(F)c(F)c(F)c34)c3c(F)c(F)c(F)c4c(F)c(F)c(F)c(F)c34)c(F)c(F)c(F)c2c1F. The van der Waals surface area contributed by atoms with Gasteiger partial charge in [0.15, 0.2) is 140 Å². The van der Waals surface area contributed by atoms with E-state index in [1.54, 1.807) is 4.90 Å². The minimum absolute atomic E-state index is 0.302. The van der Waals surface area contributed by atoms with Gasteiger partial charge in [-0.3, -0.25) is 0 Å². The van der Waals surface area contributed by atoms with E-state index < -0.39 is 234 Å². The highest BCUT2D eigenvalue weighted by Crippen LogP contribution is 2.42. The fourth-order valence-electron chi connectivity index (χ4n) is 12.0. The van der Waals surface area contributed by atoms with Crippen molar-refractivity contribution in [1.82, 2.24) is 0 Å². The van der Waals surface area contributed by atoms with Crippen molar-refractivity contribution in [2.24, 2.45) is 0 Å². The van der Waals surface area contributed by atoms with Crippen molar-refractivity contribution < 1.29 is 128 Å². The molecule has 0 saturated carbocycles. The van der Waals surface area contributed by atoms with Crippen LogP contribution in [0, 0.1) is 163 Å². The first-order valence-electron chi connectivity index (χ1n) is 22.7. The van der Waals surface area contributed by atoms with Crippen LogP contribution in [0.5, 0.6) is 0 Å². The maximum absolute atomic E-state index is 17.3. The van der Waals surface area contributed by atoms with Gasteiger partial charge in [0.2, 0.25) is 0 Å². The molecule has 0 bridgehead atoms. The van der Waals surface area contributed by atoms with Gasteiger partial charge in [-0.15, -0.1) is 21.9 Å². The van der Waals surface area contributed by atoms with Crippen molar-refractivity contribution in [2.75, 3.05) is 0 Å². The van der Waals surface area contributed by atoms with E-state index in [0.29, 0.717) is 16.6 Å². The van der Waals surface area contributed by atoms with Gasteiger partial charge in [0.05, 0.1) is 38.2 Å². The Morgan fingerprint density at radius 3 is 0.390 bits per heavy atom. The molecule has 8 rings (SSSR count). The minimum Gasteiger partial charge on any atom is -0.322 e. The van der Waals surface area contributed by atoms with Crippen LogP contribution >= 0.6 is 0 Å². The van der Waals surface area contributed by atoms with E-state index in [0.717, 1.165) is 0 Å². The number of hydrogen-bond donors (Lipinski definition) is 1. The second-order valence-corrected chi connectivity index (χ2v) is 21.4. The van der Waals surface area contributed by atoms with Crippen molar-refractivity contribution in [3.8, 4) is 0 Å². The third-order valence-electron chi connectivity index (χ3n) is 13.5. The van der Waals surface area contributed by atoms with Gasteiger partial charge in [-0.05, 0) is 83.9 Å². The van der Waals surface area contributed by atoms with Crippen molar-refractivity contribution in [2.45, 2.75) is 78.9 Å². The van der Waals surface area contributed by atoms with Crippen LogP contribution in [0.4, 0.5) is 123 Å². The van der Waals surface area contributed by atoms with Gasteiger partial charge in [-0.25, -0.2) is 123 Å². The summed E-state index contributed by atoms with van der Waals surface area (Å²) in [6.07, 6.45) is -8.05. The summed E-state index contributed by atoms with van der Waals surface area (Å²) < 4.78 is 446. The zero-order chi connectivity index (χ0) is 62.7. The van der Waals surface area contributed by atoms with Crippen LogP contribution in [-0.2, 0) is 0 Å². The molecule has 30 heteroatoms. The lowest BCUT2D eigenvalue weighted by Crippen LogP contribution is -3.30. The maximum Gasteiger partial charge on any atom is 0.198 e. The topological polar surface area (TPSA) is 4.44 Å². The molecule has 1 N–H and O–H groups in total. The number of benzene rings is 8. The monoisotopic (exact) mass is 1210 g/mol. The second-order valence-electron chi connectivity index (χ2n) is 21.4. The van der Waals surface area contributed by atoms with E-state index in [4.69, 9.17) is 0 Å². The second kappa shape index (κ2) is 20.0. The molecule has 440 valence electrons. The van der Waals surface area contributed by atoms with Crippen LogP contribution in [0.15, 0.2) is 0 Å². The van der Waals surface area contributed by atoms with E-state index in [2.05, 4.69) is 62.3 Å². The summed E-state index contributed by atoms with van der Waals surface area (Å²) in [5, 5.41) is -27.0. The first kappa shape index (κ1) is 62.5. The molecule has 8 aromatic carbocycles. The van der Waals surface area contributed by atoms with Crippen LogP contribution < -0.4 is 26.8 Å². The summed E-state index contributed by atoms with van der Waals surface area (Å²) >= 11 is 0. The lowest BCUT2D eigenvalue weighted by atomic mass is 9.11. The molecule has 0 amide bonds. The zero-order valence-electron chi connectivity index (χ0n) is 42.2. The van der Waals surface area contributed by atoms with E-state index >= 15 is 105 Å².